The summed E-state index contributed by atoms with van der Waals surface area (Å²) in [5, 5.41) is 6.44. The zero-order chi connectivity index (χ0) is 12.3. The van der Waals surface area contributed by atoms with Crippen molar-refractivity contribution >= 4 is 11.7 Å². The Morgan fingerprint density at radius 2 is 2.06 bits per heavy atom. The Morgan fingerprint density at radius 1 is 1.35 bits per heavy atom. The van der Waals surface area contributed by atoms with E-state index in [9.17, 15) is 4.79 Å². The molecule has 0 bridgehead atoms. The molecule has 1 atom stereocenters. The van der Waals surface area contributed by atoms with Gasteiger partial charge in [-0.1, -0.05) is 35.5 Å². The van der Waals surface area contributed by atoms with Crippen molar-refractivity contribution in [1.82, 2.24) is 5.16 Å². The highest BCUT2D eigenvalue weighted by Gasteiger charge is 2.16. The fourth-order valence-electron chi connectivity index (χ4n) is 1.55. The van der Waals surface area contributed by atoms with Crippen molar-refractivity contribution in [3.05, 3.63) is 47.7 Å². The normalized spacial score (nSPS) is 12.1. The molecule has 17 heavy (non-hydrogen) atoms. The molecule has 4 heteroatoms. The summed E-state index contributed by atoms with van der Waals surface area (Å²) >= 11 is 0. The SMILES string of the molecule is Cc1cc(NC(=O)C(C)c2ccccc2)no1. The Morgan fingerprint density at radius 3 is 2.65 bits per heavy atom. The molecule has 1 N–H and O–H groups in total. The Kier molecular flexibility index (Phi) is 3.23. The van der Waals surface area contributed by atoms with Crippen molar-refractivity contribution in [3.8, 4) is 0 Å². The summed E-state index contributed by atoms with van der Waals surface area (Å²) in [6.07, 6.45) is 0. The lowest BCUT2D eigenvalue weighted by Crippen LogP contribution is -2.18. The molecule has 1 amide bonds. The number of carbonyl (C=O) groups is 1. The van der Waals surface area contributed by atoms with Gasteiger partial charge in [-0.15, -0.1) is 0 Å². The first-order chi connectivity index (χ1) is 8.16. The monoisotopic (exact) mass is 230 g/mol. The Hall–Kier alpha value is -2.10. The van der Waals surface area contributed by atoms with Gasteiger partial charge in [-0.25, -0.2) is 0 Å². The fraction of sp³-hybridized carbons (Fsp3) is 0.231. The van der Waals surface area contributed by atoms with E-state index >= 15 is 0 Å². The molecule has 1 unspecified atom stereocenters. The molecule has 0 aliphatic carbocycles. The minimum Gasteiger partial charge on any atom is -0.360 e. The van der Waals surface area contributed by atoms with Crippen LogP contribution in [0.1, 0.15) is 24.2 Å². The van der Waals surface area contributed by atoms with Crippen LogP contribution in [-0.2, 0) is 4.79 Å². The fourth-order valence-corrected chi connectivity index (χ4v) is 1.55. The van der Waals surface area contributed by atoms with Crippen LogP contribution in [0.3, 0.4) is 0 Å². The Bertz CT molecular complexity index is 505. The van der Waals surface area contributed by atoms with Gasteiger partial charge in [-0.3, -0.25) is 4.79 Å². The van der Waals surface area contributed by atoms with Gasteiger partial charge in [0.25, 0.3) is 0 Å². The maximum absolute atomic E-state index is 11.9. The molecule has 0 radical (unpaired) electrons. The maximum atomic E-state index is 11.9. The third-order valence-electron chi connectivity index (χ3n) is 2.57. The second-order valence-corrected chi connectivity index (χ2v) is 3.94. The summed E-state index contributed by atoms with van der Waals surface area (Å²) in [4.78, 5) is 11.9. The maximum Gasteiger partial charge on any atom is 0.232 e. The third kappa shape index (κ3) is 2.72. The predicted molar refractivity (Wildman–Crippen MR) is 64.7 cm³/mol. The lowest BCUT2D eigenvalue weighted by molar-refractivity contribution is -0.117. The molecule has 0 spiro atoms. The second-order valence-electron chi connectivity index (χ2n) is 3.94. The van der Waals surface area contributed by atoms with E-state index in [1.807, 2.05) is 37.3 Å². The lowest BCUT2D eigenvalue weighted by Gasteiger charge is -2.10. The molecule has 1 heterocycles. The number of anilines is 1. The van der Waals surface area contributed by atoms with Gasteiger partial charge in [0.15, 0.2) is 5.82 Å². The zero-order valence-corrected chi connectivity index (χ0v) is 9.81. The number of hydrogen-bond acceptors (Lipinski definition) is 3. The summed E-state index contributed by atoms with van der Waals surface area (Å²) in [6.45, 7) is 3.64. The van der Waals surface area contributed by atoms with Crippen LogP contribution in [0, 0.1) is 6.92 Å². The number of hydrogen-bond donors (Lipinski definition) is 1. The number of nitrogens with zero attached hydrogens (tertiary/aromatic N) is 1. The Balaban J connectivity index is 2.06. The minimum absolute atomic E-state index is 0.0931. The van der Waals surface area contributed by atoms with E-state index in [4.69, 9.17) is 4.52 Å². The highest BCUT2D eigenvalue weighted by atomic mass is 16.5. The minimum atomic E-state index is -0.215. The summed E-state index contributed by atoms with van der Waals surface area (Å²) < 4.78 is 4.89. The molecule has 0 aliphatic rings. The van der Waals surface area contributed by atoms with Crippen LogP contribution < -0.4 is 5.32 Å². The number of amides is 1. The molecule has 0 fully saturated rings. The van der Waals surface area contributed by atoms with Crippen LogP contribution in [0.2, 0.25) is 0 Å². The summed E-state index contributed by atoms with van der Waals surface area (Å²) in [7, 11) is 0. The van der Waals surface area contributed by atoms with Crippen molar-refractivity contribution in [2.24, 2.45) is 0 Å². The van der Waals surface area contributed by atoms with E-state index in [1.165, 1.54) is 0 Å². The lowest BCUT2D eigenvalue weighted by atomic mass is 10.0. The number of rotatable bonds is 3. The largest absolute Gasteiger partial charge is 0.360 e. The van der Waals surface area contributed by atoms with Crippen LogP contribution in [0.5, 0.6) is 0 Å². The molecular weight excluding hydrogens is 216 g/mol. The molecule has 4 nitrogen and oxygen atoms in total. The van der Waals surface area contributed by atoms with Crippen molar-refractivity contribution in [1.29, 1.82) is 0 Å². The molecule has 1 aromatic carbocycles. The van der Waals surface area contributed by atoms with Gasteiger partial charge in [-0.05, 0) is 19.4 Å². The molecule has 1 aromatic heterocycles. The van der Waals surface area contributed by atoms with Crippen molar-refractivity contribution in [2.45, 2.75) is 19.8 Å². The average Bonchev–Trinajstić information content (AvgIpc) is 2.75. The van der Waals surface area contributed by atoms with Gasteiger partial charge in [0.2, 0.25) is 5.91 Å². The molecular formula is C13H14N2O2. The van der Waals surface area contributed by atoms with Crippen LogP contribution in [0.4, 0.5) is 5.82 Å². The van der Waals surface area contributed by atoms with E-state index in [2.05, 4.69) is 10.5 Å². The Labute approximate surface area is 99.6 Å². The standard InChI is InChI=1S/C13H14N2O2/c1-9-8-12(15-17-9)14-13(16)10(2)11-6-4-3-5-7-11/h3-8,10H,1-2H3,(H,14,15,16). The van der Waals surface area contributed by atoms with Crippen LogP contribution in [-0.4, -0.2) is 11.1 Å². The average molecular weight is 230 g/mol. The van der Waals surface area contributed by atoms with Gasteiger partial charge in [0, 0.05) is 6.07 Å². The first-order valence-electron chi connectivity index (χ1n) is 5.46. The topological polar surface area (TPSA) is 55.1 Å². The smallest absolute Gasteiger partial charge is 0.232 e. The predicted octanol–water partition coefficient (Wildman–Crippen LogP) is 2.73. The van der Waals surface area contributed by atoms with E-state index in [-0.39, 0.29) is 11.8 Å². The van der Waals surface area contributed by atoms with Gasteiger partial charge in [-0.2, -0.15) is 0 Å². The third-order valence-corrected chi connectivity index (χ3v) is 2.57. The summed E-state index contributed by atoms with van der Waals surface area (Å²) in [5.74, 6) is 0.820. The molecule has 0 aliphatic heterocycles. The van der Waals surface area contributed by atoms with Crippen LogP contribution in [0.25, 0.3) is 0 Å². The highest BCUT2D eigenvalue weighted by molar-refractivity contribution is 5.94. The molecule has 0 saturated carbocycles. The zero-order valence-electron chi connectivity index (χ0n) is 9.81. The molecule has 2 rings (SSSR count). The second kappa shape index (κ2) is 4.82. The highest BCUT2D eigenvalue weighted by Crippen LogP contribution is 2.17. The number of aromatic nitrogens is 1. The van der Waals surface area contributed by atoms with Crippen LogP contribution in [0.15, 0.2) is 40.9 Å². The molecule has 0 saturated heterocycles. The first kappa shape index (κ1) is 11.4. The van der Waals surface area contributed by atoms with Gasteiger partial charge < -0.3 is 9.84 Å². The van der Waals surface area contributed by atoms with Crippen molar-refractivity contribution < 1.29 is 9.32 Å². The first-order valence-corrected chi connectivity index (χ1v) is 5.46. The number of nitrogens with one attached hydrogen (secondary N) is 1. The number of benzene rings is 1. The van der Waals surface area contributed by atoms with E-state index in [0.717, 1.165) is 5.56 Å². The van der Waals surface area contributed by atoms with Crippen molar-refractivity contribution in [3.63, 3.8) is 0 Å². The van der Waals surface area contributed by atoms with Crippen molar-refractivity contribution in [2.75, 3.05) is 5.32 Å². The molecule has 2 aromatic rings. The summed E-state index contributed by atoms with van der Waals surface area (Å²) in [6, 6.07) is 11.3. The van der Waals surface area contributed by atoms with E-state index in [1.54, 1.807) is 13.0 Å². The summed E-state index contributed by atoms with van der Waals surface area (Å²) in [5.41, 5.74) is 0.977. The van der Waals surface area contributed by atoms with Gasteiger partial charge in [0.05, 0.1) is 5.92 Å². The van der Waals surface area contributed by atoms with Crippen LogP contribution >= 0.6 is 0 Å². The number of aryl methyl sites for hydroxylation is 1. The number of carbonyl (C=O) groups excluding carboxylic acids is 1. The van der Waals surface area contributed by atoms with E-state index < -0.39 is 0 Å². The molecule has 88 valence electrons. The quantitative estimate of drug-likeness (QED) is 0.882. The van der Waals surface area contributed by atoms with Gasteiger partial charge >= 0.3 is 0 Å². The van der Waals surface area contributed by atoms with Gasteiger partial charge in [0.1, 0.15) is 5.76 Å². The van der Waals surface area contributed by atoms with E-state index in [0.29, 0.717) is 11.6 Å².